The molecule has 1 aliphatic carbocycles. The SMILES string of the molecule is CC1CCCC(Nc2ccccc2Br)(C(=O)O)C1C. The molecule has 1 aliphatic rings. The van der Waals surface area contributed by atoms with Crippen LogP contribution in [-0.2, 0) is 4.79 Å². The molecule has 0 bridgehead atoms. The van der Waals surface area contributed by atoms with Gasteiger partial charge in [0.2, 0.25) is 0 Å². The first-order valence-corrected chi connectivity index (χ1v) is 7.53. The molecule has 0 amide bonds. The molecule has 3 nitrogen and oxygen atoms in total. The molecule has 3 atom stereocenters. The summed E-state index contributed by atoms with van der Waals surface area (Å²) in [7, 11) is 0. The number of hydrogen-bond donors (Lipinski definition) is 2. The van der Waals surface area contributed by atoms with Gasteiger partial charge in [0.05, 0.1) is 0 Å². The maximum absolute atomic E-state index is 11.9. The first-order chi connectivity index (χ1) is 8.97. The number of carbonyl (C=O) groups is 1. The minimum atomic E-state index is -0.860. The van der Waals surface area contributed by atoms with Crippen molar-refractivity contribution in [1.29, 1.82) is 0 Å². The van der Waals surface area contributed by atoms with E-state index in [1.165, 1.54) is 0 Å². The molecule has 0 heterocycles. The lowest BCUT2D eigenvalue weighted by Gasteiger charge is -2.43. The van der Waals surface area contributed by atoms with Crippen molar-refractivity contribution in [1.82, 2.24) is 0 Å². The summed E-state index contributed by atoms with van der Waals surface area (Å²) < 4.78 is 0.904. The smallest absolute Gasteiger partial charge is 0.329 e. The van der Waals surface area contributed by atoms with E-state index in [1.807, 2.05) is 31.2 Å². The van der Waals surface area contributed by atoms with Gasteiger partial charge in [-0.3, -0.25) is 0 Å². The van der Waals surface area contributed by atoms with E-state index in [1.54, 1.807) is 0 Å². The van der Waals surface area contributed by atoms with Gasteiger partial charge in [0, 0.05) is 10.2 Å². The highest BCUT2D eigenvalue weighted by molar-refractivity contribution is 9.10. The number of benzene rings is 1. The molecule has 0 spiro atoms. The molecule has 0 saturated heterocycles. The average molecular weight is 326 g/mol. The number of nitrogens with one attached hydrogen (secondary N) is 1. The van der Waals surface area contributed by atoms with Crippen molar-refractivity contribution >= 4 is 27.6 Å². The number of hydrogen-bond acceptors (Lipinski definition) is 2. The summed E-state index contributed by atoms with van der Waals surface area (Å²) in [6, 6.07) is 7.69. The number of carboxylic acid groups (broad SMARTS) is 1. The third-order valence-electron chi connectivity index (χ3n) is 4.47. The van der Waals surface area contributed by atoms with Crippen LogP contribution in [0.25, 0.3) is 0 Å². The average Bonchev–Trinajstić information content (AvgIpc) is 2.37. The predicted molar refractivity (Wildman–Crippen MR) is 80.3 cm³/mol. The van der Waals surface area contributed by atoms with Crippen LogP contribution in [0, 0.1) is 11.8 Å². The summed E-state index contributed by atoms with van der Waals surface area (Å²) in [5.74, 6) is -0.229. The largest absolute Gasteiger partial charge is 0.479 e. The lowest BCUT2D eigenvalue weighted by Crippen LogP contribution is -2.55. The van der Waals surface area contributed by atoms with Crippen LogP contribution in [0.15, 0.2) is 28.7 Å². The molecule has 19 heavy (non-hydrogen) atoms. The number of para-hydroxylation sites is 1. The molecule has 1 saturated carbocycles. The van der Waals surface area contributed by atoms with Crippen LogP contribution < -0.4 is 5.32 Å². The summed E-state index contributed by atoms with van der Waals surface area (Å²) in [5, 5.41) is 13.0. The van der Waals surface area contributed by atoms with Gasteiger partial charge in [-0.2, -0.15) is 0 Å². The molecule has 4 heteroatoms. The van der Waals surface area contributed by atoms with Crippen LogP contribution in [-0.4, -0.2) is 16.6 Å². The van der Waals surface area contributed by atoms with Gasteiger partial charge in [-0.15, -0.1) is 0 Å². The van der Waals surface area contributed by atoms with Gasteiger partial charge in [0.1, 0.15) is 5.54 Å². The maximum Gasteiger partial charge on any atom is 0.329 e. The van der Waals surface area contributed by atoms with Crippen LogP contribution in [0.2, 0.25) is 0 Å². The van der Waals surface area contributed by atoms with Gasteiger partial charge in [-0.1, -0.05) is 38.8 Å². The van der Waals surface area contributed by atoms with Gasteiger partial charge in [-0.05, 0) is 46.3 Å². The predicted octanol–water partition coefficient (Wildman–Crippen LogP) is 4.14. The third kappa shape index (κ3) is 2.64. The molecule has 3 unspecified atom stereocenters. The van der Waals surface area contributed by atoms with Crippen molar-refractivity contribution in [2.45, 2.75) is 38.6 Å². The Kier molecular flexibility index (Phi) is 4.19. The van der Waals surface area contributed by atoms with Crippen molar-refractivity contribution in [3.63, 3.8) is 0 Å². The molecule has 0 radical (unpaired) electrons. The Bertz CT molecular complexity index is 477. The number of anilines is 1. The van der Waals surface area contributed by atoms with Gasteiger partial charge < -0.3 is 10.4 Å². The summed E-state index contributed by atoms with van der Waals surface area (Å²) in [4.78, 5) is 11.9. The molecule has 2 N–H and O–H groups in total. The zero-order valence-corrected chi connectivity index (χ0v) is 12.9. The number of carboxylic acids is 1. The molecule has 104 valence electrons. The van der Waals surface area contributed by atoms with E-state index in [-0.39, 0.29) is 5.92 Å². The quantitative estimate of drug-likeness (QED) is 0.878. The summed E-state index contributed by atoms with van der Waals surface area (Å²) in [6.45, 7) is 4.19. The second-order valence-corrected chi connectivity index (χ2v) is 6.39. The monoisotopic (exact) mass is 325 g/mol. The summed E-state index contributed by atoms with van der Waals surface area (Å²) >= 11 is 3.48. The van der Waals surface area contributed by atoms with Crippen LogP contribution in [0.3, 0.4) is 0 Å². The van der Waals surface area contributed by atoms with Crippen molar-refractivity contribution in [2.24, 2.45) is 11.8 Å². The van der Waals surface area contributed by atoms with E-state index in [4.69, 9.17) is 0 Å². The van der Waals surface area contributed by atoms with Crippen molar-refractivity contribution < 1.29 is 9.90 Å². The van der Waals surface area contributed by atoms with Gasteiger partial charge in [-0.25, -0.2) is 4.79 Å². The fourth-order valence-electron chi connectivity index (χ4n) is 3.00. The van der Waals surface area contributed by atoms with Crippen LogP contribution in [0.4, 0.5) is 5.69 Å². The Balaban J connectivity index is 2.35. The molecular formula is C15H20BrNO2. The third-order valence-corrected chi connectivity index (χ3v) is 5.17. The maximum atomic E-state index is 11.9. The normalized spacial score (nSPS) is 30.9. The molecule has 1 aromatic rings. The minimum Gasteiger partial charge on any atom is -0.479 e. The van der Waals surface area contributed by atoms with Crippen LogP contribution in [0.1, 0.15) is 33.1 Å². The number of halogens is 1. The zero-order valence-electron chi connectivity index (χ0n) is 11.3. The highest BCUT2D eigenvalue weighted by Gasteiger charge is 2.48. The first kappa shape index (κ1) is 14.4. The van der Waals surface area contributed by atoms with Gasteiger partial charge in [0.15, 0.2) is 0 Å². The zero-order chi connectivity index (χ0) is 14.0. The Hall–Kier alpha value is -1.03. The molecule has 0 aliphatic heterocycles. The highest BCUT2D eigenvalue weighted by atomic mass is 79.9. The molecule has 0 aromatic heterocycles. The lowest BCUT2D eigenvalue weighted by molar-refractivity contribution is -0.146. The van der Waals surface area contributed by atoms with Crippen molar-refractivity contribution in [3.05, 3.63) is 28.7 Å². The number of rotatable bonds is 3. The number of aliphatic carboxylic acids is 1. The topological polar surface area (TPSA) is 49.3 Å². The minimum absolute atomic E-state index is 0.103. The second kappa shape index (κ2) is 5.53. The molecule has 2 rings (SSSR count). The molecule has 1 fully saturated rings. The van der Waals surface area contributed by atoms with E-state index in [2.05, 4.69) is 28.2 Å². The lowest BCUT2D eigenvalue weighted by atomic mass is 9.68. The highest BCUT2D eigenvalue weighted by Crippen LogP contribution is 2.41. The first-order valence-electron chi connectivity index (χ1n) is 6.73. The van der Waals surface area contributed by atoms with Crippen LogP contribution >= 0.6 is 15.9 Å². The Morgan fingerprint density at radius 3 is 2.74 bits per heavy atom. The Labute approximate surface area is 122 Å². The van der Waals surface area contributed by atoms with Crippen molar-refractivity contribution in [2.75, 3.05) is 5.32 Å². The van der Waals surface area contributed by atoms with E-state index >= 15 is 0 Å². The Morgan fingerprint density at radius 1 is 1.42 bits per heavy atom. The van der Waals surface area contributed by atoms with Gasteiger partial charge >= 0.3 is 5.97 Å². The molecular weight excluding hydrogens is 306 g/mol. The van der Waals surface area contributed by atoms with Gasteiger partial charge in [0.25, 0.3) is 0 Å². The van der Waals surface area contributed by atoms with E-state index < -0.39 is 11.5 Å². The summed E-state index contributed by atoms with van der Waals surface area (Å²) in [5.41, 5.74) is -0.00694. The van der Waals surface area contributed by atoms with Crippen LogP contribution in [0.5, 0.6) is 0 Å². The fraction of sp³-hybridized carbons (Fsp3) is 0.533. The Morgan fingerprint density at radius 2 is 2.11 bits per heavy atom. The standard InChI is InChI=1S/C15H20BrNO2/c1-10-6-5-9-15(11(10)2,14(18)19)17-13-8-4-3-7-12(13)16/h3-4,7-8,10-11,17H,5-6,9H2,1-2H3,(H,18,19). The van der Waals surface area contributed by atoms with E-state index in [0.29, 0.717) is 12.3 Å². The van der Waals surface area contributed by atoms with Crippen molar-refractivity contribution in [3.8, 4) is 0 Å². The second-order valence-electron chi connectivity index (χ2n) is 5.54. The van der Waals surface area contributed by atoms with E-state index in [0.717, 1.165) is 23.0 Å². The summed E-state index contributed by atoms with van der Waals surface area (Å²) in [6.07, 6.45) is 2.73. The fourth-order valence-corrected chi connectivity index (χ4v) is 3.38. The molecule has 1 aromatic carbocycles. The van der Waals surface area contributed by atoms with E-state index in [9.17, 15) is 9.90 Å².